The molecule has 0 saturated carbocycles. The van der Waals surface area contributed by atoms with Gasteiger partial charge < -0.3 is 19.3 Å². The summed E-state index contributed by atoms with van der Waals surface area (Å²) in [5.74, 6) is 5.74. The van der Waals surface area contributed by atoms with Crippen LogP contribution >= 0.6 is 23.2 Å². The van der Waals surface area contributed by atoms with Crippen molar-refractivity contribution in [3.8, 4) is 23.0 Å². The maximum atomic E-state index is 6.20. The van der Waals surface area contributed by atoms with Crippen LogP contribution in [0.5, 0.6) is 23.0 Å². The quantitative estimate of drug-likeness (QED) is 0.211. The van der Waals surface area contributed by atoms with Gasteiger partial charge >= 0.3 is 0 Å². The highest BCUT2D eigenvalue weighted by atomic mass is 35.5. The van der Waals surface area contributed by atoms with Crippen molar-refractivity contribution >= 4 is 23.2 Å². The van der Waals surface area contributed by atoms with Crippen LogP contribution in [0.4, 0.5) is 0 Å². The lowest BCUT2D eigenvalue weighted by molar-refractivity contribution is 0.401. The molecule has 4 aromatic rings. The van der Waals surface area contributed by atoms with Gasteiger partial charge in [0.05, 0.1) is 0 Å². The Labute approximate surface area is 246 Å². The average Bonchev–Trinajstić information content (AvgIpc) is 3.47. The summed E-state index contributed by atoms with van der Waals surface area (Å²) in [4.78, 5) is 4.78. The maximum absolute atomic E-state index is 6.20. The van der Waals surface area contributed by atoms with Crippen LogP contribution in [-0.2, 0) is 0 Å². The first-order chi connectivity index (χ1) is 19.4. The summed E-state index contributed by atoms with van der Waals surface area (Å²) in [6.45, 7) is 4.24. The number of nitrogens with zero attached hydrogens (tertiary/aromatic N) is 2. The summed E-state index contributed by atoms with van der Waals surface area (Å²) in [5, 5.41) is 1.57. The van der Waals surface area contributed by atoms with Crippen molar-refractivity contribution in [2.45, 2.75) is 23.7 Å². The number of ether oxygens (including phenoxy) is 2. The standard InChI is InChI=1S/2C17H16ClNO/c2*1-19-9-14-12-4-2-3-5-16(12)20-17-7-6-11(18)8-13(17)15(14)10-19/h2*2-8,14-15H,9-10H2,1H3. The number of rotatable bonds is 0. The third-order valence-electron chi connectivity index (χ3n) is 8.82. The minimum absolute atomic E-state index is 0.456. The Morgan fingerprint density at radius 2 is 0.850 bits per heavy atom. The number of hydrogen-bond acceptors (Lipinski definition) is 4. The molecule has 0 bridgehead atoms. The molecular formula is C34H32Cl2N2O2. The van der Waals surface area contributed by atoms with Crippen LogP contribution in [0.1, 0.15) is 45.9 Å². The van der Waals surface area contributed by atoms with Crippen LogP contribution in [0.25, 0.3) is 0 Å². The first kappa shape index (κ1) is 25.9. The first-order valence-electron chi connectivity index (χ1n) is 13.9. The van der Waals surface area contributed by atoms with Crippen LogP contribution in [0.3, 0.4) is 0 Å². The summed E-state index contributed by atoms with van der Waals surface area (Å²) in [6, 6.07) is 28.7. The zero-order chi connectivity index (χ0) is 27.4. The minimum atomic E-state index is 0.456. The summed E-state index contributed by atoms with van der Waals surface area (Å²) in [7, 11) is 4.37. The number of halogens is 2. The Kier molecular flexibility index (Phi) is 6.76. The highest BCUT2D eigenvalue weighted by Gasteiger charge is 2.39. The smallest absolute Gasteiger partial charge is 0.131 e. The van der Waals surface area contributed by atoms with Gasteiger partial charge in [-0.3, -0.25) is 0 Å². The summed E-state index contributed by atoms with van der Waals surface area (Å²) < 4.78 is 12.3. The molecule has 4 aliphatic rings. The predicted molar refractivity (Wildman–Crippen MR) is 162 cm³/mol. The molecule has 0 amide bonds. The highest BCUT2D eigenvalue weighted by Crippen LogP contribution is 2.51. The van der Waals surface area contributed by atoms with Gasteiger partial charge in [0.1, 0.15) is 23.0 Å². The molecule has 40 heavy (non-hydrogen) atoms. The molecule has 0 N–H and O–H groups in total. The van der Waals surface area contributed by atoms with Crippen LogP contribution in [-0.4, -0.2) is 50.1 Å². The fourth-order valence-corrected chi connectivity index (χ4v) is 7.42. The molecule has 0 spiro atoms. The number of likely N-dealkylation sites (N-methyl/N-ethyl adjacent to an activating group) is 2. The zero-order valence-corrected chi connectivity index (χ0v) is 24.2. The molecule has 0 aliphatic carbocycles. The predicted octanol–water partition coefficient (Wildman–Crippen LogP) is 8.52. The molecule has 4 unspecified atom stereocenters. The Bertz CT molecular complexity index is 1460. The Balaban J connectivity index is 0.000000132. The van der Waals surface area contributed by atoms with Crippen molar-refractivity contribution in [1.82, 2.24) is 9.80 Å². The SMILES string of the molecule is CN1CC2c3ccccc3Oc3ccc(Cl)cc3C2C1.CN1CC2c3ccccc3Oc3ccc(Cl)cc3C2C1. The van der Waals surface area contributed by atoms with E-state index in [-0.39, 0.29) is 0 Å². The van der Waals surface area contributed by atoms with E-state index < -0.39 is 0 Å². The molecule has 204 valence electrons. The van der Waals surface area contributed by atoms with Crippen molar-refractivity contribution in [2.24, 2.45) is 0 Å². The normalized spacial score (nSPS) is 24.3. The van der Waals surface area contributed by atoms with E-state index in [0.29, 0.717) is 23.7 Å². The third-order valence-corrected chi connectivity index (χ3v) is 9.29. The van der Waals surface area contributed by atoms with Gasteiger partial charge in [-0.2, -0.15) is 0 Å². The number of para-hydroxylation sites is 2. The lowest BCUT2D eigenvalue weighted by Crippen LogP contribution is -2.14. The molecule has 4 heterocycles. The van der Waals surface area contributed by atoms with Gasteiger partial charge in [0.2, 0.25) is 0 Å². The molecule has 6 heteroatoms. The van der Waals surface area contributed by atoms with Crippen LogP contribution in [0, 0.1) is 0 Å². The second kappa shape index (κ2) is 10.4. The van der Waals surface area contributed by atoms with Crippen molar-refractivity contribution in [2.75, 3.05) is 40.3 Å². The van der Waals surface area contributed by atoms with Crippen LogP contribution in [0.15, 0.2) is 84.9 Å². The average molecular weight is 572 g/mol. The van der Waals surface area contributed by atoms with Gasteiger partial charge in [0, 0.05) is 71.0 Å². The molecule has 2 fully saturated rings. The van der Waals surface area contributed by atoms with E-state index in [1.807, 2.05) is 36.4 Å². The maximum Gasteiger partial charge on any atom is 0.131 e. The fourth-order valence-electron chi connectivity index (χ4n) is 7.06. The summed E-state index contributed by atoms with van der Waals surface area (Å²) in [5.41, 5.74) is 5.11. The first-order valence-corrected chi connectivity index (χ1v) is 14.7. The Hall–Kier alpha value is -3.02. The van der Waals surface area contributed by atoms with Crippen LogP contribution in [0.2, 0.25) is 10.0 Å². The van der Waals surface area contributed by atoms with E-state index in [9.17, 15) is 0 Å². The molecule has 0 aromatic heterocycles. The van der Waals surface area contributed by atoms with Crippen molar-refractivity contribution in [3.05, 3.63) is 117 Å². The largest absolute Gasteiger partial charge is 0.457 e. The molecular weight excluding hydrogens is 539 g/mol. The van der Waals surface area contributed by atoms with Gasteiger partial charge in [-0.1, -0.05) is 59.6 Å². The van der Waals surface area contributed by atoms with E-state index in [4.69, 9.17) is 32.7 Å². The van der Waals surface area contributed by atoms with E-state index in [1.54, 1.807) is 0 Å². The lowest BCUT2D eigenvalue weighted by atomic mass is 9.84. The Morgan fingerprint density at radius 1 is 0.500 bits per heavy atom. The molecule has 0 radical (unpaired) electrons. The minimum Gasteiger partial charge on any atom is -0.457 e. The van der Waals surface area contributed by atoms with Gasteiger partial charge in [-0.05, 0) is 73.8 Å². The molecule has 4 aliphatic heterocycles. The lowest BCUT2D eigenvalue weighted by Gasteiger charge is -2.17. The monoisotopic (exact) mass is 570 g/mol. The molecule has 8 rings (SSSR count). The third kappa shape index (κ3) is 4.67. The van der Waals surface area contributed by atoms with E-state index >= 15 is 0 Å². The second-order valence-electron chi connectivity index (χ2n) is 11.5. The number of likely N-dealkylation sites (tertiary alicyclic amines) is 2. The molecule has 4 aromatic carbocycles. The van der Waals surface area contributed by atoms with Gasteiger partial charge in [-0.25, -0.2) is 0 Å². The van der Waals surface area contributed by atoms with Gasteiger partial charge in [-0.15, -0.1) is 0 Å². The summed E-state index contributed by atoms with van der Waals surface area (Å²) in [6.07, 6.45) is 0. The Morgan fingerprint density at radius 3 is 1.27 bits per heavy atom. The van der Waals surface area contributed by atoms with Crippen molar-refractivity contribution < 1.29 is 9.47 Å². The van der Waals surface area contributed by atoms with Crippen LogP contribution < -0.4 is 9.47 Å². The molecule has 4 nitrogen and oxygen atoms in total. The zero-order valence-electron chi connectivity index (χ0n) is 22.7. The topological polar surface area (TPSA) is 24.9 Å². The van der Waals surface area contributed by atoms with Crippen molar-refractivity contribution in [3.63, 3.8) is 0 Å². The molecule has 4 atom stereocenters. The summed E-state index contributed by atoms with van der Waals surface area (Å²) >= 11 is 12.4. The van der Waals surface area contributed by atoms with E-state index in [0.717, 1.165) is 59.2 Å². The fraction of sp³-hybridized carbons (Fsp3) is 0.294. The highest BCUT2D eigenvalue weighted by molar-refractivity contribution is 6.31. The second-order valence-corrected chi connectivity index (χ2v) is 12.4. The number of fused-ring (bicyclic) bond motifs is 10. The van der Waals surface area contributed by atoms with E-state index in [2.05, 4.69) is 72.4 Å². The number of benzene rings is 4. The van der Waals surface area contributed by atoms with Gasteiger partial charge in [0.25, 0.3) is 0 Å². The van der Waals surface area contributed by atoms with E-state index in [1.165, 1.54) is 22.3 Å². The van der Waals surface area contributed by atoms with Crippen molar-refractivity contribution in [1.29, 1.82) is 0 Å². The molecule has 2 saturated heterocycles. The number of hydrogen-bond donors (Lipinski definition) is 0. The van der Waals surface area contributed by atoms with Gasteiger partial charge in [0.15, 0.2) is 0 Å².